The van der Waals surface area contributed by atoms with E-state index < -0.39 is 12.0 Å². The quantitative estimate of drug-likeness (QED) is 0.566. The minimum absolute atomic E-state index is 0.139. The molecule has 0 saturated carbocycles. The van der Waals surface area contributed by atoms with Crippen LogP contribution in [0, 0.1) is 0 Å². The number of carbonyl (C=O) groups excluding carboxylic acids is 2. The van der Waals surface area contributed by atoms with Crippen LogP contribution in [-0.2, 0) is 16.1 Å². The Hall–Kier alpha value is -4.21. The number of rotatable bonds is 7. The van der Waals surface area contributed by atoms with Crippen LogP contribution in [0.2, 0.25) is 0 Å². The predicted molar refractivity (Wildman–Crippen MR) is 124 cm³/mol. The number of alkyl carbamates (subject to hydrolysis) is 1. The second kappa shape index (κ2) is 10.9. The fourth-order valence-electron chi connectivity index (χ4n) is 3.36. The highest BCUT2D eigenvalue weighted by Crippen LogP contribution is 2.16. The first-order valence-electron chi connectivity index (χ1n) is 10.6. The zero-order valence-electron chi connectivity index (χ0n) is 18.1. The molecule has 1 saturated heterocycles. The summed E-state index contributed by atoms with van der Waals surface area (Å²) in [6, 6.07) is 15.2. The van der Waals surface area contributed by atoms with E-state index in [1.54, 1.807) is 18.6 Å². The third-order valence-electron chi connectivity index (χ3n) is 5.06. The lowest BCUT2D eigenvalue weighted by Gasteiger charge is -2.35. The van der Waals surface area contributed by atoms with Crippen molar-refractivity contribution in [2.24, 2.45) is 0 Å². The summed E-state index contributed by atoms with van der Waals surface area (Å²) in [6.45, 7) is 3.12. The van der Waals surface area contributed by atoms with Crippen molar-refractivity contribution in [1.29, 1.82) is 0 Å². The summed E-state index contributed by atoms with van der Waals surface area (Å²) in [5, 5.41) is 5.08. The SMILES string of the molecule is O=C(CNC(=O)OCc1ccccc1)Nc1cnc(N2CCN(c3ccccn3)CC2)nc1. The lowest BCUT2D eigenvalue weighted by Crippen LogP contribution is -2.47. The molecule has 2 aromatic heterocycles. The standard InChI is InChI=1S/C23H25N7O3/c31-21(16-27-23(32)33-17-18-6-2-1-3-7-18)28-19-14-25-22(26-15-19)30-12-10-29(11-13-30)20-8-4-5-9-24-20/h1-9,14-15H,10-13,16-17H2,(H,27,32)(H,28,31). The molecule has 2 N–H and O–H groups in total. The number of nitrogens with zero attached hydrogens (tertiary/aromatic N) is 5. The van der Waals surface area contributed by atoms with Crippen LogP contribution in [-0.4, -0.2) is 59.7 Å². The molecule has 1 aliphatic rings. The lowest BCUT2D eigenvalue weighted by molar-refractivity contribution is -0.115. The summed E-state index contributed by atoms with van der Waals surface area (Å²) in [5.74, 6) is 1.18. The molecule has 3 heterocycles. The topological polar surface area (TPSA) is 113 Å². The first kappa shape index (κ1) is 22.0. The van der Waals surface area contributed by atoms with Gasteiger partial charge in [-0.2, -0.15) is 0 Å². The van der Waals surface area contributed by atoms with E-state index in [4.69, 9.17) is 4.74 Å². The van der Waals surface area contributed by atoms with Gasteiger partial charge in [-0.3, -0.25) is 4.79 Å². The third kappa shape index (κ3) is 6.39. The molecule has 170 valence electrons. The highest BCUT2D eigenvalue weighted by atomic mass is 16.5. The van der Waals surface area contributed by atoms with Crippen LogP contribution in [0.3, 0.4) is 0 Å². The van der Waals surface area contributed by atoms with E-state index in [9.17, 15) is 9.59 Å². The summed E-state index contributed by atoms with van der Waals surface area (Å²) < 4.78 is 5.08. The minimum atomic E-state index is -0.662. The zero-order valence-corrected chi connectivity index (χ0v) is 18.1. The van der Waals surface area contributed by atoms with Crippen molar-refractivity contribution >= 4 is 29.5 Å². The van der Waals surface area contributed by atoms with Gasteiger partial charge < -0.3 is 25.2 Å². The number of amides is 2. The fourth-order valence-corrected chi connectivity index (χ4v) is 3.36. The fraction of sp³-hybridized carbons (Fsp3) is 0.261. The molecule has 0 atom stereocenters. The van der Waals surface area contributed by atoms with Crippen molar-refractivity contribution in [3.63, 3.8) is 0 Å². The molecule has 0 bridgehead atoms. The van der Waals surface area contributed by atoms with Crippen LogP contribution in [0.4, 0.5) is 22.2 Å². The molecular formula is C23H25N7O3. The summed E-state index contributed by atoms with van der Waals surface area (Å²) in [4.78, 5) is 41.3. The van der Waals surface area contributed by atoms with Gasteiger partial charge in [-0.05, 0) is 17.7 Å². The summed E-state index contributed by atoms with van der Waals surface area (Å²) in [6.07, 6.45) is 4.24. The van der Waals surface area contributed by atoms with Gasteiger partial charge in [0.2, 0.25) is 11.9 Å². The smallest absolute Gasteiger partial charge is 0.407 e. The maximum absolute atomic E-state index is 12.1. The van der Waals surface area contributed by atoms with E-state index in [1.807, 2.05) is 48.5 Å². The van der Waals surface area contributed by atoms with Crippen molar-refractivity contribution in [2.75, 3.05) is 47.8 Å². The van der Waals surface area contributed by atoms with Gasteiger partial charge in [0.1, 0.15) is 19.0 Å². The van der Waals surface area contributed by atoms with Gasteiger partial charge in [-0.1, -0.05) is 36.4 Å². The number of pyridine rings is 1. The molecule has 2 amide bonds. The molecular weight excluding hydrogens is 422 g/mol. The number of aromatic nitrogens is 3. The van der Waals surface area contributed by atoms with Crippen LogP contribution in [0.15, 0.2) is 67.1 Å². The molecule has 4 rings (SSSR count). The van der Waals surface area contributed by atoms with E-state index in [-0.39, 0.29) is 13.2 Å². The maximum atomic E-state index is 12.1. The monoisotopic (exact) mass is 447 g/mol. The van der Waals surface area contributed by atoms with Crippen molar-refractivity contribution in [3.8, 4) is 0 Å². The Bertz CT molecular complexity index is 1040. The molecule has 3 aromatic rings. The van der Waals surface area contributed by atoms with Gasteiger partial charge in [0.25, 0.3) is 0 Å². The number of anilines is 3. The Morgan fingerprint density at radius 1 is 0.879 bits per heavy atom. The Labute approximate surface area is 191 Å². The Morgan fingerprint density at radius 3 is 2.27 bits per heavy atom. The number of hydrogen-bond acceptors (Lipinski definition) is 8. The van der Waals surface area contributed by atoms with Crippen LogP contribution < -0.4 is 20.4 Å². The van der Waals surface area contributed by atoms with Gasteiger partial charge >= 0.3 is 6.09 Å². The van der Waals surface area contributed by atoms with Crippen molar-refractivity contribution in [1.82, 2.24) is 20.3 Å². The molecule has 10 nitrogen and oxygen atoms in total. The number of nitrogens with one attached hydrogen (secondary N) is 2. The first-order chi connectivity index (χ1) is 16.2. The van der Waals surface area contributed by atoms with Gasteiger partial charge in [-0.15, -0.1) is 0 Å². The molecule has 0 aliphatic carbocycles. The number of carbonyl (C=O) groups is 2. The molecule has 0 unspecified atom stereocenters. The van der Waals surface area contributed by atoms with E-state index >= 15 is 0 Å². The van der Waals surface area contributed by atoms with Gasteiger partial charge in [0, 0.05) is 32.4 Å². The molecule has 1 aliphatic heterocycles. The number of ether oxygens (including phenoxy) is 1. The maximum Gasteiger partial charge on any atom is 0.407 e. The third-order valence-corrected chi connectivity index (χ3v) is 5.06. The normalized spacial score (nSPS) is 13.3. The molecule has 0 radical (unpaired) electrons. The van der Waals surface area contributed by atoms with E-state index in [0.29, 0.717) is 11.6 Å². The summed E-state index contributed by atoms with van der Waals surface area (Å²) >= 11 is 0. The Morgan fingerprint density at radius 2 is 1.58 bits per heavy atom. The Kier molecular flexibility index (Phi) is 7.26. The van der Waals surface area contributed by atoms with Gasteiger partial charge in [0.05, 0.1) is 18.1 Å². The number of hydrogen-bond donors (Lipinski definition) is 2. The zero-order chi connectivity index (χ0) is 22.9. The average Bonchev–Trinajstić information content (AvgIpc) is 2.88. The second-order valence-electron chi connectivity index (χ2n) is 7.40. The molecule has 1 aromatic carbocycles. The molecule has 1 fully saturated rings. The average molecular weight is 447 g/mol. The van der Waals surface area contributed by atoms with Crippen LogP contribution in [0.1, 0.15) is 5.56 Å². The highest BCUT2D eigenvalue weighted by Gasteiger charge is 2.19. The van der Waals surface area contributed by atoms with Gasteiger partial charge in [-0.25, -0.2) is 19.7 Å². The van der Waals surface area contributed by atoms with Crippen LogP contribution in [0.5, 0.6) is 0 Å². The van der Waals surface area contributed by atoms with Crippen LogP contribution in [0.25, 0.3) is 0 Å². The van der Waals surface area contributed by atoms with Gasteiger partial charge in [0.15, 0.2) is 0 Å². The molecule has 33 heavy (non-hydrogen) atoms. The molecule has 0 spiro atoms. The van der Waals surface area contributed by atoms with E-state index in [2.05, 4.69) is 35.4 Å². The first-order valence-corrected chi connectivity index (χ1v) is 10.6. The molecule has 10 heteroatoms. The summed E-state index contributed by atoms with van der Waals surface area (Å²) in [5.41, 5.74) is 1.32. The van der Waals surface area contributed by atoms with Crippen LogP contribution >= 0.6 is 0 Å². The minimum Gasteiger partial charge on any atom is -0.445 e. The van der Waals surface area contributed by atoms with E-state index in [0.717, 1.165) is 37.6 Å². The largest absolute Gasteiger partial charge is 0.445 e. The Balaban J connectivity index is 1.18. The number of piperazine rings is 1. The predicted octanol–water partition coefficient (Wildman–Crippen LogP) is 2.06. The van der Waals surface area contributed by atoms with E-state index in [1.165, 1.54) is 0 Å². The lowest BCUT2D eigenvalue weighted by atomic mass is 10.2. The summed E-state index contributed by atoms with van der Waals surface area (Å²) in [7, 11) is 0. The highest BCUT2D eigenvalue weighted by molar-refractivity contribution is 5.93. The number of benzene rings is 1. The van der Waals surface area contributed by atoms with Crippen molar-refractivity contribution in [2.45, 2.75) is 6.61 Å². The second-order valence-corrected chi connectivity index (χ2v) is 7.40. The van der Waals surface area contributed by atoms with Crippen molar-refractivity contribution in [3.05, 3.63) is 72.7 Å². The van der Waals surface area contributed by atoms with Crippen molar-refractivity contribution < 1.29 is 14.3 Å².